The lowest BCUT2D eigenvalue weighted by molar-refractivity contribution is 0.154. The Morgan fingerprint density at radius 1 is 1.30 bits per heavy atom. The number of hydrogen-bond donors (Lipinski definition) is 0. The van der Waals surface area contributed by atoms with E-state index in [0.717, 1.165) is 32.0 Å². The molecule has 0 aromatic carbocycles. The molecule has 2 amide bonds. The van der Waals surface area contributed by atoms with Gasteiger partial charge in [0.05, 0.1) is 6.20 Å². The van der Waals surface area contributed by atoms with Gasteiger partial charge in [-0.3, -0.25) is 0 Å². The van der Waals surface area contributed by atoms with Crippen molar-refractivity contribution in [2.45, 2.75) is 13.8 Å². The molecule has 6 nitrogen and oxygen atoms in total. The number of piperazine rings is 1. The minimum absolute atomic E-state index is 0.114. The molecule has 1 aliphatic rings. The van der Waals surface area contributed by atoms with Crippen LogP contribution in [0.5, 0.6) is 0 Å². The van der Waals surface area contributed by atoms with Gasteiger partial charge in [-0.15, -0.1) is 0 Å². The van der Waals surface area contributed by atoms with E-state index in [0.29, 0.717) is 18.1 Å². The number of hydrogen-bond acceptors (Lipinski definition) is 4. The Balaban J connectivity index is 1.96. The van der Waals surface area contributed by atoms with Gasteiger partial charge in [0.15, 0.2) is 5.82 Å². The molecule has 0 spiro atoms. The molecule has 2 heterocycles. The minimum Gasteiger partial charge on any atom is -0.352 e. The third-order valence-electron chi connectivity index (χ3n) is 3.53. The summed E-state index contributed by atoms with van der Waals surface area (Å²) >= 11 is 6.10. The molecule has 2 rings (SSSR count). The lowest BCUT2D eigenvalue weighted by Crippen LogP contribution is -2.53. The highest BCUT2D eigenvalue weighted by Crippen LogP contribution is 2.22. The predicted molar refractivity (Wildman–Crippen MR) is 79.1 cm³/mol. The lowest BCUT2D eigenvalue weighted by atomic mass is 10.3. The summed E-state index contributed by atoms with van der Waals surface area (Å²) in [5.74, 6) is 0.747. The van der Waals surface area contributed by atoms with Crippen molar-refractivity contribution in [3.05, 3.63) is 17.5 Å². The first-order chi connectivity index (χ1) is 9.67. The van der Waals surface area contributed by atoms with Crippen LogP contribution in [0.25, 0.3) is 0 Å². The van der Waals surface area contributed by atoms with Crippen LogP contribution in [0.2, 0.25) is 5.02 Å². The Bertz CT molecular complexity index is 458. The van der Waals surface area contributed by atoms with E-state index in [1.165, 1.54) is 6.33 Å². The number of halogens is 1. The summed E-state index contributed by atoms with van der Waals surface area (Å²) in [4.78, 5) is 26.2. The van der Waals surface area contributed by atoms with Crippen LogP contribution >= 0.6 is 11.6 Å². The van der Waals surface area contributed by atoms with Gasteiger partial charge < -0.3 is 14.7 Å². The van der Waals surface area contributed by atoms with Gasteiger partial charge in [-0.2, -0.15) is 0 Å². The quantitative estimate of drug-likeness (QED) is 0.852. The van der Waals surface area contributed by atoms with E-state index in [4.69, 9.17) is 11.6 Å². The molecule has 1 aromatic heterocycles. The predicted octanol–water partition coefficient (Wildman–Crippen LogP) is 1.71. The van der Waals surface area contributed by atoms with Crippen molar-refractivity contribution in [2.24, 2.45) is 0 Å². The van der Waals surface area contributed by atoms with E-state index in [1.807, 2.05) is 23.6 Å². The molecular weight excluding hydrogens is 278 g/mol. The summed E-state index contributed by atoms with van der Waals surface area (Å²) in [6, 6.07) is 0.114. The molecular formula is C13H20ClN5O. The Morgan fingerprint density at radius 2 is 1.95 bits per heavy atom. The van der Waals surface area contributed by atoms with Crippen LogP contribution in [0.1, 0.15) is 13.8 Å². The number of urea groups is 1. The third kappa shape index (κ3) is 3.12. The Labute approximate surface area is 124 Å². The van der Waals surface area contributed by atoms with Gasteiger partial charge in [-0.1, -0.05) is 11.6 Å². The molecule has 1 saturated heterocycles. The molecule has 1 fully saturated rings. The van der Waals surface area contributed by atoms with Crippen LogP contribution in [0.4, 0.5) is 10.6 Å². The molecule has 1 aromatic rings. The van der Waals surface area contributed by atoms with Gasteiger partial charge in [0.25, 0.3) is 0 Å². The Kier molecular flexibility index (Phi) is 5.00. The maximum absolute atomic E-state index is 12.3. The van der Waals surface area contributed by atoms with Crippen LogP contribution in [-0.2, 0) is 0 Å². The monoisotopic (exact) mass is 297 g/mol. The number of nitrogens with zero attached hydrogens (tertiary/aromatic N) is 5. The molecule has 0 N–H and O–H groups in total. The average molecular weight is 298 g/mol. The number of anilines is 1. The fraction of sp³-hybridized carbons (Fsp3) is 0.615. The highest BCUT2D eigenvalue weighted by molar-refractivity contribution is 6.32. The molecule has 0 saturated carbocycles. The first kappa shape index (κ1) is 14.8. The van der Waals surface area contributed by atoms with Gasteiger partial charge in [-0.05, 0) is 13.8 Å². The Morgan fingerprint density at radius 3 is 2.50 bits per heavy atom. The normalized spacial score (nSPS) is 15.3. The largest absolute Gasteiger partial charge is 0.352 e. The first-order valence-electron chi connectivity index (χ1n) is 6.91. The zero-order valence-corrected chi connectivity index (χ0v) is 12.7. The van der Waals surface area contributed by atoms with E-state index >= 15 is 0 Å². The smallest absolute Gasteiger partial charge is 0.320 e. The van der Waals surface area contributed by atoms with Crippen molar-refractivity contribution in [2.75, 3.05) is 44.2 Å². The highest BCUT2D eigenvalue weighted by Gasteiger charge is 2.25. The zero-order chi connectivity index (χ0) is 14.5. The van der Waals surface area contributed by atoms with Gasteiger partial charge in [0, 0.05) is 39.3 Å². The maximum atomic E-state index is 12.3. The van der Waals surface area contributed by atoms with E-state index in [9.17, 15) is 4.79 Å². The van der Waals surface area contributed by atoms with Crippen molar-refractivity contribution in [3.8, 4) is 0 Å². The third-order valence-corrected chi connectivity index (χ3v) is 3.80. The number of carbonyl (C=O) groups excluding carboxylic acids is 1. The molecule has 20 heavy (non-hydrogen) atoms. The molecule has 0 atom stereocenters. The summed E-state index contributed by atoms with van der Waals surface area (Å²) in [6.45, 7) is 8.34. The zero-order valence-electron chi connectivity index (χ0n) is 11.9. The summed E-state index contributed by atoms with van der Waals surface area (Å²) in [6.07, 6.45) is 3.09. The topological polar surface area (TPSA) is 52.6 Å². The minimum atomic E-state index is 0.114. The van der Waals surface area contributed by atoms with E-state index in [-0.39, 0.29) is 6.03 Å². The maximum Gasteiger partial charge on any atom is 0.320 e. The van der Waals surface area contributed by atoms with Crippen LogP contribution in [0.3, 0.4) is 0 Å². The summed E-state index contributed by atoms with van der Waals surface area (Å²) < 4.78 is 0. The highest BCUT2D eigenvalue weighted by atomic mass is 35.5. The molecule has 0 aliphatic carbocycles. The SMILES string of the molecule is CCN(CC)C(=O)N1CCN(c2ncncc2Cl)CC1. The lowest BCUT2D eigenvalue weighted by Gasteiger charge is -2.37. The fourth-order valence-electron chi connectivity index (χ4n) is 2.34. The number of rotatable bonds is 3. The van der Waals surface area contributed by atoms with E-state index in [1.54, 1.807) is 6.20 Å². The standard InChI is InChI=1S/C13H20ClN5O/c1-3-17(4-2)13(20)19-7-5-18(6-8-19)12-11(14)9-15-10-16-12/h9-10H,3-8H2,1-2H3. The molecule has 1 aliphatic heterocycles. The van der Waals surface area contributed by atoms with Gasteiger partial charge in [0.2, 0.25) is 0 Å². The second kappa shape index (κ2) is 6.74. The van der Waals surface area contributed by atoms with E-state index in [2.05, 4.69) is 14.9 Å². The second-order valence-corrected chi connectivity index (χ2v) is 5.03. The molecule has 7 heteroatoms. The number of aromatic nitrogens is 2. The van der Waals surface area contributed by atoms with Gasteiger partial charge in [0.1, 0.15) is 11.3 Å². The molecule has 0 unspecified atom stereocenters. The molecule has 110 valence electrons. The molecule has 0 radical (unpaired) electrons. The molecule has 0 bridgehead atoms. The average Bonchev–Trinajstić information content (AvgIpc) is 2.49. The number of amides is 2. The van der Waals surface area contributed by atoms with Crippen LogP contribution in [0, 0.1) is 0 Å². The van der Waals surface area contributed by atoms with Gasteiger partial charge in [-0.25, -0.2) is 14.8 Å². The fourth-order valence-corrected chi connectivity index (χ4v) is 2.57. The van der Waals surface area contributed by atoms with Crippen molar-refractivity contribution < 1.29 is 4.79 Å². The van der Waals surface area contributed by atoms with Crippen LogP contribution in [0.15, 0.2) is 12.5 Å². The van der Waals surface area contributed by atoms with Crippen molar-refractivity contribution in [1.82, 2.24) is 19.8 Å². The van der Waals surface area contributed by atoms with E-state index < -0.39 is 0 Å². The van der Waals surface area contributed by atoms with Gasteiger partial charge >= 0.3 is 6.03 Å². The Hall–Kier alpha value is -1.56. The first-order valence-corrected chi connectivity index (χ1v) is 7.29. The van der Waals surface area contributed by atoms with Crippen molar-refractivity contribution in [3.63, 3.8) is 0 Å². The van der Waals surface area contributed by atoms with Crippen molar-refractivity contribution >= 4 is 23.4 Å². The summed E-state index contributed by atoms with van der Waals surface area (Å²) in [7, 11) is 0. The van der Waals surface area contributed by atoms with Crippen LogP contribution < -0.4 is 4.90 Å². The summed E-state index contributed by atoms with van der Waals surface area (Å²) in [5.41, 5.74) is 0. The second-order valence-electron chi connectivity index (χ2n) is 4.62. The van der Waals surface area contributed by atoms with Crippen LogP contribution in [-0.4, -0.2) is 65.1 Å². The number of carbonyl (C=O) groups is 1. The van der Waals surface area contributed by atoms with Crippen molar-refractivity contribution in [1.29, 1.82) is 0 Å². The summed E-state index contributed by atoms with van der Waals surface area (Å²) in [5, 5.41) is 0.552.